The minimum absolute atomic E-state index is 0. The van der Waals surface area contributed by atoms with Gasteiger partial charge in [0, 0.05) is 32.5 Å². The van der Waals surface area contributed by atoms with Crippen LogP contribution in [0.15, 0.2) is 65.9 Å². The zero-order chi connectivity index (χ0) is 19.8. The molecule has 0 unspecified atom stereocenters. The Morgan fingerprint density at radius 1 is 1.10 bits per heavy atom. The topological polar surface area (TPSA) is 54.2 Å². The highest BCUT2D eigenvalue weighted by molar-refractivity contribution is 14.0. The SMILES string of the molecule is CN=C(NCCc1cc(F)ccc1F)NCc1nccn1Cc1ccccc1.I. The highest BCUT2D eigenvalue weighted by atomic mass is 127. The number of hydrogen-bond donors (Lipinski definition) is 2. The van der Waals surface area contributed by atoms with E-state index in [0.29, 0.717) is 31.0 Å². The molecule has 1 aromatic heterocycles. The van der Waals surface area contributed by atoms with E-state index in [1.165, 1.54) is 11.6 Å². The van der Waals surface area contributed by atoms with E-state index in [-0.39, 0.29) is 24.0 Å². The molecule has 0 amide bonds. The van der Waals surface area contributed by atoms with Gasteiger partial charge in [0.05, 0.1) is 6.54 Å². The summed E-state index contributed by atoms with van der Waals surface area (Å²) in [5, 5.41) is 6.31. The number of nitrogens with zero attached hydrogens (tertiary/aromatic N) is 3. The monoisotopic (exact) mass is 511 g/mol. The maximum absolute atomic E-state index is 13.7. The van der Waals surface area contributed by atoms with Gasteiger partial charge in [-0.25, -0.2) is 13.8 Å². The number of benzene rings is 2. The minimum Gasteiger partial charge on any atom is -0.356 e. The van der Waals surface area contributed by atoms with Gasteiger partial charge < -0.3 is 15.2 Å². The Morgan fingerprint density at radius 3 is 2.66 bits per heavy atom. The number of hydrogen-bond acceptors (Lipinski definition) is 2. The standard InChI is InChI=1S/C21H23F2N5.HI/c1-24-21(26-10-9-17-13-18(22)7-8-19(17)23)27-14-20-25-11-12-28(20)15-16-5-3-2-4-6-16;/h2-8,11-13H,9-10,14-15H2,1H3,(H2,24,26,27);1H. The Morgan fingerprint density at radius 2 is 1.90 bits per heavy atom. The lowest BCUT2D eigenvalue weighted by molar-refractivity contribution is 0.583. The first kappa shape index (κ1) is 22.8. The fourth-order valence-corrected chi connectivity index (χ4v) is 2.87. The number of imidazole rings is 1. The molecule has 0 spiro atoms. The third-order valence-electron chi connectivity index (χ3n) is 4.33. The van der Waals surface area contributed by atoms with Crippen molar-refractivity contribution < 1.29 is 8.78 Å². The first-order valence-corrected chi connectivity index (χ1v) is 9.08. The molecule has 0 saturated heterocycles. The zero-order valence-electron chi connectivity index (χ0n) is 16.1. The zero-order valence-corrected chi connectivity index (χ0v) is 18.4. The van der Waals surface area contributed by atoms with Gasteiger partial charge >= 0.3 is 0 Å². The third-order valence-corrected chi connectivity index (χ3v) is 4.33. The smallest absolute Gasteiger partial charge is 0.191 e. The van der Waals surface area contributed by atoms with Crippen molar-refractivity contribution in [1.82, 2.24) is 20.2 Å². The number of rotatable bonds is 7. The second-order valence-electron chi connectivity index (χ2n) is 6.30. The summed E-state index contributed by atoms with van der Waals surface area (Å²) in [6, 6.07) is 13.6. The molecule has 3 aromatic rings. The van der Waals surface area contributed by atoms with Gasteiger partial charge in [-0.2, -0.15) is 0 Å². The summed E-state index contributed by atoms with van der Waals surface area (Å²) in [6.45, 7) is 1.66. The van der Waals surface area contributed by atoms with Crippen molar-refractivity contribution in [2.75, 3.05) is 13.6 Å². The maximum atomic E-state index is 13.7. The van der Waals surface area contributed by atoms with Gasteiger partial charge in [0.2, 0.25) is 0 Å². The van der Waals surface area contributed by atoms with Gasteiger partial charge in [-0.05, 0) is 35.7 Å². The number of guanidine groups is 1. The molecule has 0 saturated carbocycles. The lowest BCUT2D eigenvalue weighted by atomic mass is 10.1. The molecule has 5 nitrogen and oxygen atoms in total. The fourth-order valence-electron chi connectivity index (χ4n) is 2.87. The van der Waals surface area contributed by atoms with Crippen LogP contribution in [0.4, 0.5) is 8.78 Å². The molecule has 29 heavy (non-hydrogen) atoms. The lowest BCUT2D eigenvalue weighted by Crippen LogP contribution is -2.38. The molecule has 2 N–H and O–H groups in total. The molecular formula is C21H24F2IN5. The minimum atomic E-state index is -0.441. The molecule has 0 atom stereocenters. The van der Waals surface area contributed by atoms with Crippen LogP contribution in [0, 0.1) is 11.6 Å². The molecule has 3 rings (SSSR count). The van der Waals surface area contributed by atoms with E-state index in [1.807, 2.05) is 24.4 Å². The molecular weight excluding hydrogens is 487 g/mol. The molecule has 8 heteroatoms. The third kappa shape index (κ3) is 6.81. The summed E-state index contributed by atoms with van der Waals surface area (Å²) in [7, 11) is 1.66. The van der Waals surface area contributed by atoms with E-state index in [4.69, 9.17) is 0 Å². The molecule has 0 bridgehead atoms. The molecule has 0 aliphatic carbocycles. The normalized spacial score (nSPS) is 11.1. The average Bonchev–Trinajstić information content (AvgIpc) is 3.15. The molecule has 1 heterocycles. The van der Waals surface area contributed by atoms with Crippen LogP contribution in [0.1, 0.15) is 17.0 Å². The van der Waals surface area contributed by atoms with E-state index in [2.05, 4.69) is 37.3 Å². The van der Waals surface area contributed by atoms with Crippen molar-refractivity contribution in [1.29, 1.82) is 0 Å². The van der Waals surface area contributed by atoms with Crippen LogP contribution in [0.5, 0.6) is 0 Å². The van der Waals surface area contributed by atoms with Gasteiger partial charge in [0.1, 0.15) is 17.5 Å². The first-order valence-electron chi connectivity index (χ1n) is 9.08. The number of halogens is 3. The molecule has 0 fully saturated rings. The average molecular weight is 511 g/mol. The summed E-state index contributed by atoms with van der Waals surface area (Å²) in [6.07, 6.45) is 4.06. The summed E-state index contributed by atoms with van der Waals surface area (Å²) in [5.74, 6) is 0.604. The Labute approximate surface area is 186 Å². The van der Waals surface area contributed by atoms with Crippen molar-refractivity contribution >= 4 is 29.9 Å². The van der Waals surface area contributed by atoms with Gasteiger partial charge in [0.15, 0.2) is 5.96 Å². The summed E-state index contributed by atoms with van der Waals surface area (Å²) < 4.78 is 29.0. The Bertz CT molecular complexity index is 928. The quantitative estimate of drug-likeness (QED) is 0.289. The molecule has 154 valence electrons. The summed E-state index contributed by atoms with van der Waals surface area (Å²) >= 11 is 0. The lowest BCUT2D eigenvalue weighted by Gasteiger charge is -2.13. The van der Waals surface area contributed by atoms with Crippen molar-refractivity contribution in [2.24, 2.45) is 4.99 Å². The van der Waals surface area contributed by atoms with E-state index >= 15 is 0 Å². The van der Waals surface area contributed by atoms with Crippen molar-refractivity contribution in [3.8, 4) is 0 Å². The van der Waals surface area contributed by atoms with Gasteiger partial charge in [-0.3, -0.25) is 4.99 Å². The van der Waals surface area contributed by atoms with Crippen molar-refractivity contribution in [3.05, 3.63) is 89.5 Å². The van der Waals surface area contributed by atoms with Gasteiger partial charge in [-0.15, -0.1) is 24.0 Å². The molecule has 0 radical (unpaired) electrons. The van der Waals surface area contributed by atoms with E-state index in [1.54, 1.807) is 13.2 Å². The first-order chi connectivity index (χ1) is 13.7. The molecule has 2 aromatic carbocycles. The Balaban J connectivity index is 0.00000300. The van der Waals surface area contributed by atoms with Crippen LogP contribution in [0.25, 0.3) is 0 Å². The van der Waals surface area contributed by atoms with Crippen LogP contribution in [0.3, 0.4) is 0 Å². The predicted octanol–water partition coefficient (Wildman–Crippen LogP) is 3.74. The molecule has 0 aliphatic rings. The highest BCUT2D eigenvalue weighted by Crippen LogP contribution is 2.10. The highest BCUT2D eigenvalue weighted by Gasteiger charge is 2.07. The van der Waals surface area contributed by atoms with E-state index < -0.39 is 11.6 Å². The van der Waals surface area contributed by atoms with Crippen LogP contribution >= 0.6 is 24.0 Å². The Kier molecular flexibility index (Phi) is 9.04. The van der Waals surface area contributed by atoms with Gasteiger partial charge in [0.25, 0.3) is 0 Å². The summed E-state index contributed by atoms with van der Waals surface area (Å²) in [5.41, 5.74) is 1.53. The summed E-state index contributed by atoms with van der Waals surface area (Å²) in [4.78, 5) is 8.56. The molecule has 0 aliphatic heterocycles. The Hall–Kier alpha value is -2.49. The van der Waals surface area contributed by atoms with Crippen LogP contribution < -0.4 is 10.6 Å². The van der Waals surface area contributed by atoms with Crippen molar-refractivity contribution in [3.63, 3.8) is 0 Å². The van der Waals surface area contributed by atoms with Crippen LogP contribution in [0.2, 0.25) is 0 Å². The van der Waals surface area contributed by atoms with E-state index in [9.17, 15) is 8.78 Å². The maximum Gasteiger partial charge on any atom is 0.191 e. The fraction of sp³-hybridized carbons (Fsp3) is 0.238. The van der Waals surface area contributed by atoms with Crippen LogP contribution in [-0.4, -0.2) is 29.1 Å². The van der Waals surface area contributed by atoms with E-state index in [0.717, 1.165) is 24.5 Å². The van der Waals surface area contributed by atoms with Gasteiger partial charge in [-0.1, -0.05) is 30.3 Å². The number of nitrogens with one attached hydrogen (secondary N) is 2. The van der Waals surface area contributed by atoms with Crippen molar-refractivity contribution in [2.45, 2.75) is 19.5 Å². The number of aromatic nitrogens is 2. The number of aliphatic imine (C=N–C) groups is 1. The second kappa shape index (κ2) is 11.5. The predicted molar refractivity (Wildman–Crippen MR) is 121 cm³/mol. The largest absolute Gasteiger partial charge is 0.356 e. The van der Waals surface area contributed by atoms with Crippen LogP contribution in [-0.2, 0) is 19.5 Å². The second-order valence-corrected chi connectivity index (χ2v) is 6.30.